The number of fused-ring (bicyclic) bond motifs is 11. The molecule has 6 aromatic carbocycles. The van der Waals surface area contributed by atoms with Gasteiger partial charge in [-0.15, -0.1) is 0 Å². The summed E-state index contributed by atoms with van der Waals surface area (Å²) in [6.45, 7) is 6.51. The van der Waals surface area contributed by atoms with Gasteiger partial charge in [0, 0.05) is 12.4 Å². The van der Waals surface area contributed by atoms with Crippen molar-refractivity contribution in [1.82, 2.24) is 4.57 Å². The lowest BCUT2D eigenvalue weighted by molar-refractivity contribution is 0.652. The number of hydrogen-bond acceptors (Lipinski definition) is 1. The first-order valence-corrected chi connectivity index (χ1v) is 12.5. The fraction of sp³-hybridized carbons (Fsp3) is 0.118. The van der Waals surface area contributed by atoms with E-state index in [1.54, 1.807) is 0 Å². The van der Waals surface area contributed by atoms with E-state index in [-0.39, 0.29) is 0 Å². The molecule has 0 radical (unpaired) electrons. The number of benzene rings is 5. The van der Waals surface area contributed by atoms with Crippen molar-refractivity contribution in [3.05, 3.63) is 108 Å². The molecule has 0 fully saturated rings. The molecule has 1 aromatic heterocycles. The van der Waals surface area contributed by atoms with Gasteiger partial charge in [0.1, 0.15) is 0 Å². The van der Waals surface area contributed by atoms with Crippen LogP contribution in [0.25, 0.3) is 65.3 Å². The van der Waals surface area contributed by atoms with Gasteiger partial charge in [-0.05, 0) is 87.3 Å². The van der Waals surface area contributed by atoms with E-state index in [1.165, 1.54) is 54.4 Å². The zero-order chi connectivity index (χ0) is 24.6. The van der Waals surface area contributed by atoms with Crippen LogP contribution in [0.1, 0.15) is 16.7 Å². The lowest BCUT2D eigenvalue weighted by Gasteiger charge is -2.18. The van der Waals surface area contributed by atoms with Crippen LogP contribution in [0.15, 0.2) is 95.4 Å². The quantitative estimate of drug-likeness (QED) is 0.204. The molecule has 7 rings (SSSR count). The summed E-state index contributed by atoms with van der Waals surface area (Å²) in [6.07, 6.45) is 0. The second kappa shape index (κ2) is 7.60. The molecule has 7 aromatic rings. The summed E-state index contributed by atoms with van der Waals surface area (Å²) in [5.74, 6) is 0. The Morgan fingerprint density at radius 1 is 0.528 bits per heavy atom. The molecule has 0 spiro atoms. The summed E-state index contributed by atoms with van der Waals surface area (Å²) in [7, 11) is 2.17. The van der Waals surface area contributed by atoms with Gasteiger partial charge >= 0.3 is 0 Å². The van der Waals surface area contributed by atoms with Gasteiger partial charge in [-0.3, -0.25) is 0 Å². The summed E-state index contributed by atoms with van der Waals surface area (Å²) < 4.78 is 9.22. The van der Waals surface area contributed by atoms with E-state index in [2.05, 4.69) is 123 Å². The molecular formula is C34H27NO. The molecule has 0 bridgehead atoms. The van der Waals surface area contributed by atoms with Gasteiger partial charge in [-0.1, -0.05) is 78.9 Å². The van der Waals surface area contributed by atoms with Crippen molar-refractivity contribution in [3.63, 3.8) is 0 Å². The lowest BCUT2D eigenvalue weighted by Crippen LogP contribution is -2.01. The minimum absolute atomic E-state index is 0.920. The molecule has 0 aliphatic rings. The maximum absolute atomic E-state index is 6.90. The molecule has 174 valence electrons. The fourth-order valence-corrected chi connectivity index (χ4v) is 6.26. The molecule has 2 nitrogen and oxygen atoms in total. The molecule has 0 N–H and O–H groups in total. The van der Waals surface area contributed by atoms with Crippen LogP contribution in [0, 0.1) is 20.8 Å². The molecule has 0 saturated heterocycles. The molecule has 1 heterocycles. The van der Waals surface area contributed by atoms with Crippen LogP contribution < -0.4 is 0 Å². The summed E-state index contributed by atoms with van der Waals surface area (Å²) in [4.78, 5) is 0. The Morgan fingerprint density at radius 2 is 1.00 bits per heavy atom. The highest BCUT2D eigenvalue weighted by Gasteiger charge is 2.17. The standard InChI is InChI=1S/C34H27NO/c1-20-17-21(2)32-30(18-20)36-34-31-28-16-10-9-14-26(28)24-12-6-5-11-23(24)25-13-7-8-15-27(25)29(31)19-22(3)33(34)35(32)4/h5-19H,1-4H3. The predicted molar refractivity (Wildman–Crippen MR) is 155 cm³/mol. The number of rotatable bonds is 0. The molecule has 0 saturated carbocycles. The Bertz CT molecular complexity index is 2090. The van der Waals surface area contributed by atoms with E-state index in [9.17, 15) is 0 Å². The molecule has 0 aliphatic carbocycles. The Labute approximate surface area is 209 Å². The highest BCUT2D eigenvalue weighted by atomic mass is 16.3. The van der Waals surface area contributed by atoms with Crippen molar-refractivity contribution in [2.75, 3.05) is 0 Å². The Morgan fingerprint density at radius 3 is 1.58 bits per heavy atom. The van der Waals surface area contributed by atoms with Gasteiger partial charge in [0.25, 0.3) is 0 Å². The van der Waals surface area contributed by atoms with E-state index in [0.29, 0.717) is 0 Å². The van der Waals surface area contributed by atoms with Crippen LogP contribution >= 0.6 is 0 Å². The number of aryl methyl sites for hydroxylation is 4. The minimum Gasteiger partial charge on any atom is -0.452 e. The third kappa shape index (κ3) is 2.85. The SMILES string of the molecule is Cc1cc(C)c2c(c1)oc1c3c4ccccc4c4ccccc4c4ccccc4c3cc(C)c1n2C. The Hall–Kier alpha value is -4.30. The van der Waals surface area contributed by atoms with Gasteiger partial charge in [-0.25, -0.2) is 0 Å². The summed E-state index contributed by atoms with van der Waals surface area (Å²) in [5.41, 5.74) is 7.77. The van der Waals surface area contributed by atoms with Crippen molar-refractivity contribution in [2.45, 2.75) is 20.8 Å². The summed E-state index contributed by atoms with van der Waals surface area (Å²) in [6, 6.07) is 33.0. The maximum atomic E-state index is 6.90. The van der Waals surface area contributed by atoms with Crippen LogP contribution in [0.3, 0.4) is 0 Å². The van der Waals surface area contributed by atoms with Crippen molar-refractivity contribution in [2.24, 2.45) is 7.05 Å². The van der Waals surface area contributed by atoms with E-state index < -0.39 is 0 Å². The summed E-state index contributed by atoms with van der Waals surface area (Å²) >= 11 is 0. The van der Waals surface area contributed by atoms with Gasteiger partial charge in [0.2, 0.25) is 0 Å². The van der Waals surface area contributed by atoms with Crippen LogP contribution in [-0.2, 0) is 7.05 Å². The van der Waals surface area contributed by atoms with E-state index in [0.717, 1.165) is 27.6 Å². The zero-order valence-corrected chi connectivity index (χ0v) is 21.0. The molecule has 0 amide bonds. The third-order valence-electron chi connectivity index (χ3n) is 7.66. The zero-order valence-electron chi connectivity index (χ0n) is 21.0. The highest BCUT2D eigenvalue weighted by Crippen LogP contribution is 2.40. The van der Waals surface area contributed by atoms with Gasteiger partial charge in [0.05, 0.1) is 11.0 Å². The van der Waals surface area contributed by atoms with Crippen molar-refractivity contribution >= 4 is 65.3 Å². The lowest BCUT2D eigenvalue weighted by atomic mass is 9.93. The highest BCUT2D eigenvalue weighted by molar-refractivity contribution is 6.30. The van der Waals surface area contributed by atoms with Gasteiger partial charge in [-0.2, -0.15) is 0 Å². The van der Waals surface area contributed by atoms with Crippen LogP contribution in [0.4, 0.5) is 0 Å². The van der Waals surface area contributed by atoms with Gasteiger partial charge < -0.3 is 8.98 Å². The molecule has 0 atom stereocenters. The van der Waals surface area contributed by atoms with Crippen LogP contribution in [0.5, 0.6) is 0 Å². The minimum atomic E-state index is 0.920. The second-order valence-corrected chi connectivity index (χ2v) is 10.0. The van der Waals surface area contributed by atoms with E-state index in [1.807, 2.05) is 0 Å². The predicted octanol–water partition coefficient (Wildman–Crippen LogP) is 9.59. The molecule has 2 heteroatoms. The number of nitrogens with zero attached hydrogens (tertiary/aromatic N) is 1. The third-order valence-corrected chi connectivity index (χ3v) is 7.66. The molecular weight excluding hydrogens is 438 g/mol. The smallest absolute Gasteiger partial charge is 0.159 e. The fourth-order valence-electron chi connectivity index (χ4n) is 6.26. The van der Waals surface area contributed by atoms with Gasteiger partial charge in [0.15, 0.2) is 11.2 Å². The molecule has 0 unspecified atom stereocenters. The van der Waals surface area contributed by atoms with E-state index in [4.69, 9.17) is 4.42 Å². The largest absolute Gasteiger partial charge is 0.452 e. The van der Waals surface area contributed by atoms with Crippen molar-refractivity contribution in [3.8, 4) is 0 Å². The monoisotopic (exact) mass is 465 g/mol. The van der Waals surface area contributed by atoms with Crippen molar-refractivity contribution < 1.29 is 4.42 Å². The second-order valence-electron chi connectivity index (χ2n) is 10.0. The van der Waals surface area contributed by atoms with Crippen LogP contribution in [-0.4, -0.2) is 4.57 Å². The molecule has 36 heavy (non-hydrogen) atoms. The number of aromatic nitrogens is 1. The maximum Gasteiger partial charge on any atom is 0.159 e. The first-order valence-electron chi connectivity index (χ1n) is 12.5. The van der Waals surface area contributed by atoms with Crippen LogP contribution in [0.2, 0.25) is 0 Å². The Kier molecular flexibility index (Phi) is 4.44. The normalized spacial score (nSPS) is 11.9. The topological polar surface area (TPSA) is 18.1 Å². The first-order chi connectivity index (χ1) is 17.5. The van der Waals surface area contributed by atoms with E-state index >= 15 is 0 Å². The average Bonchev–Trinajstić information content (AvgIpc) is 2.87. The van der Waals surface area contributed by atoms with Crippen molar-refractivity contribution in [1.29, 1.82) is 0 Å². The average molecular weight is 466 g/mol. The Balaban J connectivity index is 1.92. The molecule has 0 aliphatic heterocycles. The summed E-state index contributed by atoms with van der Waals surface area (Å²) in [5, 5.41) is 9.79. The number of hydrogen-bond donors (Lipinski definition) is 0. The first kappa shape index (κ1) is 21.0.